The third-order valence-corrected chi connectivity index (χ3v) is 4.29. The first-order valence-electron chi connectivity index (χ1n) is 6.23. The molecular weight excluding hydrogens is 280 g/mol. The summed E-state index contributed by atoms with van der Waals surface area (Å²) in [5.41, 5.74) is 0. The zero-order valence-corrected chi connectivity index (χ0v) is 12.7. The van der Waals surface area contributed by atoms with Crippen molar-refractivity contribution in [3.8, 4) is 0 Å². The van der Waals surface area contributed by atoms with Gasteiger partial charge in [-0.1, -0.05) is 25.6 Å². The number of aromatic nitrogens is 5. The van der Waals surface area contributed by atoms with E-state index in [1.54, 1.807) is 23.1 Å². The fourth-order valence-electron chi connectivity index (χ4n) is 1.47. The van der Waals surface area contributed by atoms with Crippen LogP contribution in [-0.4, -0.2) is 38.3 Å². The van der Waals surface area contributed by atoms with Crippen molar-refractivity contribution >= 4 is 23.1 Å². The second-order valence-corrected chi connectivity index (χ2v) is 6.42. The summed E-state index contributed by atoms with van der Waals surface area (Å²) in [7, 11) is 0. The van der Waals surface area contributed by atoms with E-state index in [0.29, 0.717) is 5.92 Å². The normalized spacial score (nSPS) is 11.3. The Morgan fingerprint density at radius 1 is 1.47 bits per heavy atom. The van der Waals surface area contributed by atoms with Crippen LogP contribution in [-0.2, 0) is 12.3 Å². The van der Waals surface area contributed by atoms with E-state index in [2.05, 4.69) is 39.7 Å². The van der Waals surface area contributed by atoms with Gasteiger partial charge in [-0.25, -0.2) is 9.67 Å². The van der Waals surface area contributed by atoms with Crippen molar-refractivity contribution in [3.05, 3.63) is 16.6 Å². The van der Waals surface area contributed by atoms with Crippen LogP contribution < -0.4 is 5.32 Å². The molecule has 104 valence electrons. The van der Waals surface area contributed by atoms with Gasteiger partial charge in [-0.2, -0.15) is 0 Å². The lowest BCUT2D eigenvalue weighted by atomic mass is 10.2. The molecule has 2 heterocycles. The maximum absolute atomic E-state index is 4.25. The van der Waals surface area contributed by atoms with Gasteiger partial charge < -0.3 is 5.32 Å². The first-order valence-corrected chi connectivity index (χ1v) is 8.10. The van der Waals surface area contributed by atoms with Crippen molar-refractivity contribution < 1.29 is 0 Å². The Hall–Kier alpha value is -0.990. The summed E-state index contributed by atoms with van der Waals surface area (Å²) in [6, 6.07) is 0. The summed E-state index contributed by atoms with van der Waals surface area (Å²) >= 11 is 3.28. The summed E-state index contributed by atoms with van der Waals surface area (Å²) in [6.45, 7) is 7.08. The van der Waals surface area contributed by atoms with Crippen molar-refractivity contribution in [2.45, 2.75) is 31.3 Å². The van der Waals surface area contributed by atoms with E-state index in [9.17, 15) is 0 Å². The molecule has 2 aromatic rings. The zero-order valence-electron chi connectivity index (χ0n) is 11.1. The lowest BCUT2D eigenvalue weighted by Crippen LogP contribution is -2.24. The molecule has 0 spiro atoms. The molecule has 0 bridgehead atoms. The van der Waals surface area contributed by atoms with Crippen LogP contribution in [0.25, 0.3) is 0 Å². The van der Waals surface area contributed by atoms with E-state index in [1.807, 2.05) is 16.3 Å². The molecule has 0 fully saturated rings. The highest BCUT2D eigenvalue weighted by Crippen LogP contribution is 2.20. The Morgan fingerprint density at radius 2 is 2.37 bits per heavy atom. The Kier molecular flexibility index (Phi) is 5.74. The molecule has 0 unspecified atom stereocenters. The molecule has 0 saturated heterocycles. The minimum Gasteiger partial charge on any atom is -0.315 e. The number of thioether (sulfide) groups is 1. The lowest BCUT2D eigenvalue weighted by Gasteiger charge is -2.07. The van der Waals surface area contributed by atoms with Crippen molar-refractivity contribution in [3.63, 3.8) is 0 Å². The third kappa shape index (κ3) is 4.88. The van der Waals surface area contributed by atoms with Crippen molar-refractivity contribution in [2.24, 2.45) is 5.92 Å². The Labute approximate surface area is 121 Å². The van der Waals surface area contributed by atoms with Gasteiger partial charge in [-0.3, -0.25) is 0 Å². The largest absolute Gasteiger partial charge is 0.315 e. The molecule has 0 amide bonds. The van der Waals surface area contributed by atoms with Gasteiger partial charge >= 0.3 is 0 Å². The Balaban J connectivity index is 1.77. The number of nitrogens with zero attached hydrogens (tertiary/aromatic N) is 5. The number of tetrazole rings is 1. The maximum atomic E-state index is 4.25. The molecule has 19 heavy (non-hydrogen) atoms. The van der Waals surface area contributed by atoms with E-state index < -0.39 is 0 Å². The topological polar surface area (TPSA) is 68.5 Å². The summed E-state index contributed by atoms with van der Waals surface area (Å²) in [4.78, 5) is 4.25. The molecule has 2 aromatic heterocycles. The minimum absolute atomic E-state index is 0.660. The first kappa shape index (κ1) is 14.4. The molecule has 0 aliphatic heterocycles. The molecule has 0 radical (unpaired) electrons. The fraction of sp³-hybridized carbons (Fsp3) is 0.636. The molecule has 0 aliphatic rings. The van der Waals surface area contributed by atoms with Crippen molar-refractivity contribution in [1.82, 2.24) is 30.5 Å². The molecular formula is C11H18N6S2. The van der Waals surface area contributed by atoms with Gasteiger partial charge in [0.2, 0.25) is 5.16 Å². The molecule has 8 heteroatoms. The van der Waals surface area contributed by atoms with E-state index in [-0.39, 0.29) is 0 Å². The fourth-order valence-corrected chi connectivity index (χ4v) is 3.01. The van der Waals surface area contributed by atoms with E-state index in [1.165, 1.54) is 0 Å². The SMILES string of the molecule is CC(C)CNCCn1nnnc1SCc1nccs1. The van der Waals surface area contributed by atoms with Gasteiger partial charge in [0.1, 0.15) is 5.01 Å². The second-order valence-electron chi connectivity index (χ2n) is 4.50. The second kappa shape index (κ2) is 7.56. The van der Waals surface area contributed by atoms with Gasteiger partial charge in [0.15, 0.2) is 0 Å². The first-order chi connectivity index (χ1) is 9.25. The van der Waals surface area contributed by atoms with Gasteiger partial charge in [-0.15, -0.1) is 16.4 Å². The third-order valence-electron chi connectivity index (χ3n) is 2.36. The molecule has 1 N–H and O–H groups in total. The van der Waals surface area contributed by atoms with Gasteiger partial charge in [0, 0.05) is 18.1 Å². The molecule has 2 rings (SSSR count). The van der Waals surface area contributed by atoms with Gasteiger partial charge in [0.25, 0.3) is 0 Å². The van der Waals surface area contributed by atoms with Crippen molar-refractivity contribution in [2.75, 3.05) is 13.1 Å². The number of hydrogen-bond acceptors (Lipinski definition) is 7. The zero-order chi connectivity index (χ0) is 13.5. The van der Waals surface area contributed by atoms with Gasteiger partial charge in [0.05, 0.1) is 12.3 Å². The lowest BCUT2D eigenvalue weighted by molar-refractivity contribution is 0.482. The van der Waals surface area contributed by atoms with Crippen LogP contribution >= 0.6 is 23.1 Å². The number of thiazole rings is 1. The number of nitrogens with one attached hydrogen (secondary N) is 1. The molecule has 0 atom stereocenters. The van der Waals surface area contributed by atoms with Crippen LogP contribution in [0.4, 0.5) is 0 Å². The molecule has 0 saturated carbocycles. The average Bonchev–Trinajstić information content (AvgIpc) is 3.03. The van der Waals surface area contributed by atoms with Gasteiger partial charge in [-0.05, 0) is 22.9 Å². The van der Waals surface area contributed by atoms with Crippen LogP contribution in [0.3, 0.4) is 0 Å². The van der Waals surface area contributed by atoms with E-state index in [0.717, 1.165) is 35.6 Å². The average molecular weight is 298 g/mol. The quantitative estimate of drug-likeness (QED) is 0.590. The summed E-state index contributed by atoms with van der Waals surface area (Å²) < 4.78 is 1.84. The summed E-state index contributed by atoms with van der Waals surface area (Å²) in [5, 5.41) is 19.1. The van der Waals surface area contributed by atoms with Crippen LogP contribution in [0, 0.1) is 5.92 Å². The van der Waals surface area contributed by atoms with Crippen LogP contribution in [0.1, 0.15) is 18.9 Å². The highest BCUT2D eigenvalue weighted by Gasteiger charge is 2.07. The van der Waals surface area contributed by atoms with E-state index in [4.69, 9.17) is 0 Å². The monoisotopic (exact) mass is 298 g/mol. The standard InChI is InChI=1S/C11H18N6S2/c1-9(2)7-12-3-5-17-11(14-15-16-17)19-8-10-13-4-6-18-10/h4,6,9,12H,3,5,7-8H2,1-2H3. The van der Waals surface area contributed by atoms with Crippen molar-refractivity contribution in [1.29, 1.82) is 0 Å². The Bertz CT molecular complexity index is 467. The number of rotatable bonds is 8. The predicted molar refractivity (Wildman–Crippen MR) is 77.2 cm³/mol. The molecule has 6 nitrogen and oxygen atoms in total. The maximum Gasteiger partial charge on any atom is 0.209 e. The smallest absolute Gasteiger partial charge is 0.209 e. The summed E-state index contributed by atoms with van der Waals surface area (Å²) in [5.74, 6) is 1.48. The highest BCUT2D eigenvalue weighted by atomic mass is 32.2. The van der Waals surface area contributed by atoms with Crippen LogP contribution in [0.15, 0.2) is 16.7 Å². The van der Waals surface area contributed by atoms with Crippen LogP contribution in [0.2, 0.25) is 0 Å². The Morgan fingerprint density at radius 3 is 3.11 bits per heavy atom. The van der Waals surface area contributed by atoms with E-state index >= 15 is 0 Å². The minimum atomic E-state index is 0.660. The van der Waals surface area contributed by atoms with Crippen LogP contribution in [0.5, 0.6) is 0 Å². The number of hydrogen-bond donors (Lipinski definition) is 1. The molecule has 0 aromatic carbocycles. The summed E-state index contributed by atoms with van der Waals surface area (Å²) in [6.07, 6.45) is 1.82. The molecule has 0 aliphatic carbocycles. The highest BCUT2D eigenvalue weighted by molar-refractivity contribution is 7.98. The predicted octanol–water partition coefficient (Wildman–Crippen LogP) is 1.67.